The minimum absolute atomic E-state index is 0.810. The zero-order chi connectivity index (χ0) is 9.94. The zero-order valence-electron chi connectivity index (χ0n) is 8.97. The van der Waals surface area contributed by atoms with Crippen molar-refractivity contribution in [2.75, 3.05) is 6.61 Å². The molecular weight excluding hydrogens is 180 g/mol. The lowest BCUT2D eigenvalue weighted by Crippen LogP contribution is -2.03. The lowest BCUT2D eigenvalue weighted by atomic mass is 10.2. The van der Waals surface area contributed by atoms with Crippen LogP contribution in [0.1, 0.15) is 58.8 Å². The summed E-state index contributed by atoms with van der Waals surface area (Å²) >= 11 is 5.09. The Kier molecular flexibility index (Phi) is 9.89. The van der Waals surface area contributed by atoms with Crippen LogP contribution in [0.3, 0.4) is 0 Å². The maximum absolute atomic E-state index is 5.42. The van der Waals surface area contributed by atoms with E-state index in [0.717, 1.165) is 24.5 Å². The Bertz CT molecular complexity index is 123. The lowest BCUT2D eigenvalue weighted by Gasteiger charge is -2.06. The summed E-state index contributed by atoms with van der Waals surface area (Å²) in [5.74, 6) is 0. The van der Waals surface area contributed by atoms with Crippen LogP contribution in [0, 0.1) is 0 Å². The van der Waals surface area contributed by atoms with Gasteiger partial charge in [0, 0.05) is 6.42 Å². The fourth-order valence-corrected chi connectivity index (χ4v) is 1.36. The van der Waals surface area contributed by atoms with Crippen LogP contribution in [0.15, 0.2) is 0 Å². The highest BCUT2D eigenvalue weighted by Gasteiger charge is 1.96. The molecule has 78 valence electrons. The number of thiocarbonyl (C=S) groups is 1. The minimum Gasteiger partial charge on any atom is -0.487 e. The van der Waals surface area contributed by atoms with Crippen molar-refractivity contribution in [1.82, 2.24) is 0 Å². The molecule has 0 saturated carbocycles. The van der Waals surface area contributed by atoms with E-state index in [0.29, 0.717) is 0 Å². The normalized spacial score (nSPS) is 10.0. The van der Waals surface area contributed by atoms with Gasteiger partial charge in [0.2, 0.25) is 0 Å². The van der Waals surface area contributed by atoms with E-state index in [1.54, 1.807) is 0 Å². The molecule has 0 aromatic heterocycles. The molecule has 0 N–H and O–H groups in total. The third-order valence-electron chi connectivity index (χ3n) is 2.00. The van der Waals surface area contributed by atoms with Crippen LogP contribution in [0.5, 0.6) is 0 Å². The van der Waals surface area contributed by atoms with Crippen molar-refractivity contribution in [2.45, 2.75) is 58.8 Å². The van der Waals surface area contributed by atoms with Gasteiger partial charge in [-0.15, -0.1) is 0 Å². The maximum Gasteiger partial charge on any atom is 0.159 e. The highest BCUT2D eigenvalue weighted by atomic mass is 32.1. The molecule has 1 nitrogen and oxygen atoms in total. The first-order valence-corrected chi connectivity index (χ1v) is 5.87. The van der Waals surface area contributed by atoms with Crippen LogP contribution in [-0.4, -0.2) is 11.7 Å². The molecular formula is C11H22OS. The van der Waals surface area contributed by atoms with Crippen molar-refractivity contribution < 1.29 is 4.74 Å². The second-order valence-corrected chi connectivity index (χ2v) is 3.84. The fourth-order valence-electron chi connectivity index (χ4n) is 1.13. The summed E-state index contributed by atoms with van der Waals surface area (Å²) in [4.78, 5) is 0. The summed E-state index contributed by atoms with van der Waals surface area (Å²) in [5.41, 5.74) is 0. The molecule has 0 heterocycles. The highest BCUT2D eigenvalue weighted by Crippen LogP contribution is 2.03. The molecule has 0 aliphatic heterocycles. The summed E-state index contributed by atoms with van der Waals surface area (Å²) in [5, 5.41) is 0.810. The van der Waals surface area contributed by atoms with Crippen LogP contribution in [0.4, 0.5) is 0 Å². The van der Waals surface area contributed by atoms with E-state index in [9.17, 15) is 0 Å². The third-order valence-corrected chi connectivity index (χ3v) is 2.32. The topological polar surface area (TPSA) is 9.23 Å². The molecule has 0 aliphatic rings. The molecule has 2 heteroatoms. The Balaban J connectivity index is 3.11. The molecule has 0 atom stereocenters. The molecule has 13 heavy (non-hydrogen) atoms. The fraction of sp³-hybridized carbons (Fsp3) is 0.909. The van der Waals surface area contributed by atoms with Gasteiger partial charge in [-0.1, -0.05) is 39.5 Å². The van der Waals surface area contributed by atoms with Crippen molar-refractivity contribution in [3.05, 3.63) is 0 Å². The standard InChI is InChI=1S/C11H22OS/c1-3-5-7-9-11(13)12-10-8-6-4-2/h3-10H2,1-2H3. The average Bonchev–Trinajstić information content (AvgIpc) is 2.13. The van der Waals surface area contributed by atoms with Crippen LogP contribution < -0.4 is 0 Å². The van der Waals surface area contributed by atoms with E-state index in [1.807, 2.05) is 0 Å². The Morgan fingerprint density at radius 3 is 2.23 bits per heavy atom. The maximum atomic E-state index is 5.42. The van der Waals surface area contributed by atoms with Crippen molar-refractivity contribution >= 4 is 17.3 Å². The van der Waals surface area contributed by atoms with Gasteiger partial charge in [0.05, 0.1) is 6.61 Å². The van der Waals surface area contributed by atoms with Crippen LogP contribution in [0.25, 0.3) is 0 Å². The highest BCUT2D eigenvalue weighted by molar-refractivity contribution is 7.80. The van der Waals surface area contributed by atoms with E-state index in [1.165, 1.54) is 32.1 Å². The van der Waals surface area contributed by atoms with E-state index < -0.39 is 0 Å². The van der Waals surface area contributed by atoms with E-state index in [2.05, 4.69) is 13.8 Å². The largest absolute Gasteiger partial charge is 0.487 e. The van der Waals surface area contributed by atoms with Gasteiger partial charge in [0.15, 0.2) is 5.05 Å². The van der Waals surface area contributed by atoms with Gasteiger partial charge in [-0.2, -0.15) is 0 Å². The Morgan fingerprint density at radius 2 is 1.62 bits per heavy atom. The molecule has 0 saturated heterocycles. The van der Waals surface area contributed by atoms with Gasteiger partial charge >= 0.3 is 0 Å². The average molecular weight is 202 g/mol. The van der Waals surface area contributed by atoms with Crippen LogP contribution in [-0.2, 0) is 4.74 Å². The minimum atomic E-state index is 0.810. The van der Waals surface area contributed by atoms with Crippen molar-refractivity contribution in [3.8, 4) is 0 Å². The van der Waals surface area contributed by atoms with Gasteiger partial charge in [-0.3, -0.25) is 0 Å². The molecule has 0 aliphatic carbocycles. The summed E-state index contributed by atoms with van der Waals surface area (Å²) < 4.78 is 5.42. The van der Waals surface area contributed by atoms with E-state index >= 15 is 0 Å². The summed E-state index contributed by atoms with van der Waals surface area (Å²) in [7, 11) is 0. The molecule has 0 spiro atoms. The van der Waals surface area contributed by atoms with Gasteiger partial charge < -0.3 is 4.74 Å². The summed E-state index contributed by atoms with van der Waals surface area (Å²) in [6, 6.07) is 0. The molecule has 0 aromatic carbocycles. The second-order valence-electron chi connectivity index (χ2n) is 3.38. The Morgan fingerprint density at radius 1 is 1.00 bits per heavy atom. The molecule has 0 unspecified atom stereocenters. The molecule has 0 rings (SSSR count). The van der Waals surface area contributed by atoms with Gasteiger partial charge in [0.1, 0.15) is 0 Å². The molecule has 0 bridgehead atoms. The van der Waals surface area contributed by atoms with Gasteiger partial charge in [-0.25, -0.2) is 0 Å². The number of ether oxygens (including phenoxy) is 1. The Labute approximate surface area is 87.9 Å². The third kappa shape index (κ3) is 9.81. The van der Waals surface area contributed by atoms with Crippen molar-refractivity contribution in [1.29, 1.82) is 0 Å². The first-order valence-electron chi connectivity index (χ1n) is 5.46. The number of unbranched alkanes of at least 4 members (excludes halogenated alkanes) is 4. The lowest BCUT2D eigenvalue weighted by molar-refractivity contribution is 0.292. The van der Waals surface area contributed by atoms with Crippen LogP contribution >= 0.6 is 12.2 Å². The SMILES string of the molecule is CCCCCOC(=S)CCCCC. The number of hydrogen-bond donors (Lipinski definition) is 0. The summed E-state index contributed by atoms with van der Waals surface area (Å²) in [6.07, 6.45) is 8.29. The number of hydrogen-bond acceptors (Lipinski definition) is 2. The predicted molar refractivity (Wildman–Crippen MR) is 62.2 cm³/mol. The molecule has 0 fully saturated rings. The van der Waals surface area contributed by atoms with E-state index in [4.69, 9.17) is 17.0 Å². The van der Waals surface area contributed by atoms with Crippen molar-refractivity contribution in [3.63, 3.8) is 0 Å². The van der Waals surface area contributed by atoms with E-state index in [-0.39, 0.29) is 0 Å². The van der Waals surface area contributed by atoms with Gasteiger partial charge in [-0.05, 0) is 25.1 Å². The smallest absolute Gasteiger partial charge is 0.159 e. The predicted octanol–water partition coefficient (Wildman–Crippen LogP) is 4.10. The Hall–Kier alpha value is -0.110. The first kappa shape index (κ1) is 12.9. The monoisotopic (exact) mass is 202 g/mol. The first-order chi connectivity index (χ1) is 6.31. The zero-order valence-corrected chi connectivity index (χ0v) is 9.79. The quantitative estimate of drug-likeness (QED) is 0.433. The molecule has 0 aromatic rings. The van der Waals surface area contributed by atoms with Crippen LogP contribution in [0.2, 0.25) is 0 Å². The molecule has 0 amide bonds. The van der Waals surface area contributed by atoms with Gasteiger partial charge in [0.25, 0.3) is 0 Å². The van der Waals surface area contributed by atoms with Crippen molar-refractivity contribution in [2.24, 2.45) is 0 Å². The number of rotatable bonds is 8. The summed E-state index contributed by atoms with van der Waals surface area (Å²) in [6.45, 7) is 5.21. The second kappa shape index (κ2) is 9.97. The molecule has 0 radical (unpaired) electrons.